The molecule has 4 nitrogen and oxygen atoms in total. The molecule has 0 fully saturated rings. The maximum absolute atomic E-state index is 11.9. The minimum Gasteiger partial charge on any atom is -0.289 e. The molecule has 6 heteroatoms. The first-order valence-corrected chi connectivity index (χ1v) is 8.99. The van der Waals surface area contributed by atoms with Crippen molar-refractivity contribution >= 4 is 34.0 Å². The molecule has 0 aliphatic rings. The van der Waals surface area contributed by atoms with Crippen LogP contribution >= 0.6 is 11.3 Å². The Morgan fingerprint density at radius 1 is 1.17 bits per heavy atom. The van der Waals surface area contributed by atoms with E-state index >= 15 is 0 Å². The standard InChI is InChI=1S/C17H16N2O2S2/c1-12-7-8-15(18-10-12)17-9-14(11-22-17)19(23(20)21)16-6-4-3-5-13(16)2/h3-11H,1-2H3,(H,20,21). The van der Waals surface area contributed by atoms with Crippen molar-refractivity contribution in [1.82, 2.24) is 4.98 Å². The minimum absolute atomic E-state index is 0.683. The molecule has 118 valence electrons. The van der Waals surface area contributed by atoms with Crippen molar-refractivity contribution in [3.8, 4) is 10.6 Å². The molecule has 0 saturated heterocycles. The number of thiophene rings is 1. The van der Waals surface area contributed by atoms with Gasteiger partial charge in [0.2, 0.25) is 0 Å². The summed E-state index contributed by atoms with van der Waals surface area (Å²) in [6.45, 7) is 3.91. The van der Waals surface area contributed by atoms with Gasteiger partial charge in [0.15, 0.2) is 0 Å². The van der Waals surface area contributed by atoms with E-state index in [1.165, 1.54) is 15.6 Å². The molecule has 1 aromatic carbocycles. The molecule has 2 heterocycles. The van der Waals surface area contributed by atoms with Gasteiger partial charge in [-0.25, -0.2) is 8.51 Å². The van der Waals surface area contributed by atoms with Gasteiger partial charge >= 0.3 is 0 Å². The lowest BCUT2D eigenvalue weighted by Crippen LogP contribution is -2.19. The number of aromatic nitrogens is 1. The van der Waals surface area contributed by atoms with E-state index in [1.54, 1.807) is 0 Å². The van der Waals surface area contributed by atoms with Crippen LogP contribution in [0.4, 0.5) is 11.4 Å². The molecule has 1 unspecified atom stereocenters. The van der Waals surface area contributed by atoms with Crippen LogP contribution < -0.4 is 4.31 Å². The van der Waals surface area contributed by atoms with Gasteiger partial charge in [0.05, 0.1) is 21.9 Å². The van der Waals surface area contributed by atoms with Crippen molar-refractivity contribution in [3.05, 3.63) is 65.2 Å². The molecule has 1 N–H and O–H groups in total. The number of rotatable bonds is 4. The predicted molar refractivity (Wildman–Crippen MR) is 96.4 cm³/mol. The van der Waals surface area contributed by atoms with Crippen LogP contribution in [0.15, 0.2) is 54.0 Å². The predicted octanol–water partition coefficient (Wildman–Crippen LogP) is 4.70. The number of benzene rings is 1. The van der Waals surface area contributed by atoms with Crippen molar-refractivity contribution in [2.75, 3.05) is 4.31 Å². The fourth-order valence-corrected chi connectivity index (χ4v) is 3.86. The fraction of sp³-hybridized carbons (Fsp3) is 0.118. The number of para-hydroxylation sites is 1. The highest BCUT2D eigenvalue weighted by Crippen LogP contribution is 2.36. The first-order chi connectivity index (χ1) is 11.1. The van der Waals surface area contributed by atoms with E-state index < -0.39 is 11.3 Å². The highest BCUT2D eigenvalue weighted by molar-refractivity contribution is 7.81. The Balaban J connectivity index is 2.01. The maximum atomic E-state index is 11.9. The van der Waals surface area contributed by atoms with Gasteiger partial charge in [-0.05, 0) is 43.2 Å². The molecule has 0 saturated carbocycles. The summed E-state index contributed by atoms with van der Waals surface area (Å²) in [6, 6.07) is 13.4. The summed E-state index contributed by atoms with van der Waals surface area (Å²) in [5.41, 5.74) is 4.30. The number of hydrogen-bond donors (Lipinski definition) is 1. The molecule has 2 aromatic heterocycles. The molecule has 0 spiro atoms. The van der Waals surface area contributed by atoms with Gasteiger partial charge in [-0.3, -0.25) is 9.54 Å². The highest BCUT2D eigenvalue weighted by atomic mass is 32.2. The Bertz CT molecular complexity index is 844. The summed E-state index contributed by atoms with van der Waals surface area (Å²) in [4.78, 5) is 5.37. The Morgan fingerprint density at radius 3 is 2.61 bits per heavy atom. The van der Waals surface area contributed by atoms with Crippen molar-refractivity contribution < 1.29 is 8.76 Å². The molecule has 0 aliphatic heterocycles. The van der Waals surface area contributed by atoms with Gasteiger partial charge in [-0.15, -0.1) is 11.3 Å². The molecular weight excluding hydrogens is 328 g/mol. The molecule has 23 heavy (non-hydrogen) atoms. The number of hydrogen-bond acceptors (Lipinski definition) is 3. The van der Waals surface area contributed by atoms with Gasteiger partial charge < -0.3 is 0 Å². The third kappa shape index (κ3) is 3.34. The van der Waals surface area contributed by atoms with Gasteiger partial charge in [-0.1, -0.05) is 24.3 Å². The molecule has 0 bridgehead atoms. The van der Waals surface area contributed by atoms with Gasteiger partial charge in [0.25, 0.3) is 11.3 Å². The molecule has 1 atom stereocenters. The average Bonchev–Trinajstić information content (AvgIpc) is 2.99. The van der Waals surface area contributed by atoms with Crippen LogP contribution in [0.5, 0.6) is 0 Å². The largest absolute Gasteiger partial charge is 0.289 e. The van der Waals surface area contributed by atoms with E-state index in [4.69, 9.17) is 0 Å². The third-order valence-corrected chi connectivity index (χ3v) is 5.13. The van der Waals surface area contributed by atoms with E-state index in [0.717, 1.165) is 27.4 Å². The van der Waals surface area contributed by atoms with Crippen LogP contribution in [-0.4, -0.2) is 13.7 Å². The zero-order chi connectivity index (χ0) is 16.4. The Hall–Kier alpha value is -2.02. The zero-order valence-corrected chi connectivity index (χ0v) is 14.4. The lowest BCUT2D eigenvalue weighted by atomic mass is 10.2. The lowest BCUT2D eigenvalue weighted by molar-refractivity contribution is 0.564. The van der Waals surface area contributed by atoms with Crippen LogP contribution in [-0.2, 0) is 11.3 Å². The third-order valence-electron chi connectivity index (χ3n) is 3.47. The van der Waals surface area contributed by atoms with Crippen LogP contribution in [0.25, 0.3) is 10.6 Å². The summed E-state index contributed by atoms with van der Waals surface area (Å²) >= 11 is -0.638. The van der Waals surface area contributed by atoms with Crippen molar-refractivity contribution in [2.45, 2.75) is 13.8 Å². The Labute approximate surface area is 141 Å². The number of nitrogens with zero attached hydrogens (tertiary/aromatic N) is 2. The Morgan fingerprint density at radius 2 is 1.96 bits per heavy atom. The lowest BCUT2D eigenvalue weighted by Gasteiger charge is -2.20. The first-order valence-electron chi connectivity index (χ1n) is 7.04. The number of anilines is 2. The molecular formula is C17H16N2O2S2. The normalized spacial score (nSPS) is 12.1. The summed E-state index contributed by atoms with van der Waals surface area (Å²) in [6.07, 6.45) is 1.82. The van der Waals surface area contributed by atoms with Gasteiger partial charge in [0, 0.05) is 11.6 Å². The molecule has 3 rings (SSSR count). The van der Waals surface area contributed by atoms with E-state index in [1.807, 2.05) is 67.9 Å². The zero-order valence-electron chi connectivity index (χ0n) is 12.8. The second kappa shape index (κ2) is 6.62. The van der Waals surface area contributed by atoms with Crippen LogP contribution in [0.3, 0.4) is 0 Å². The van der Waals surface area contributed by atoms with Crippen LogP contribution in [0, 0.1) is 13.8 Å². The summed E-state index contributed by atoms with van der Waals surface area (Å²) in [5.74, 6) is 0. The first kappa shape index (κ1) is 15.9. The topological polar surface area (TPSA) is 53.4 Å². The minimum atomic E-state index is -2.14. The number of aryl methyl sites for hydroxylation is 2. The van der Waals surface area contributed by atoms with Crippen molar-refractivity contribution in [3.63, 3.8) is 0 Å². The average molecular weight is 344 g/mol. The molecule has 0 amide bonds. The number of pyridine rings is 1. The quantitative estimate of drug-likeness (QED) is 0.698. The summed E-state index contributed by atoms with van der Waals surface area (Å²) in [7, 11) is 0. The van der Waals surface area contributed by atoms with Crippen LogP contribution in [0.1, 0.15) is 11.1 Å². The van der Waals surface area contributed by atoms with Crippen LogP contribution in [0.2, 0.25) is 0 Å². The van der Waals surface area contributed by atoms with Crippen molar-refractivity contribution in [1.29, 1.82) is 0 Å². The van der Waals surface area contributed by atoms with E-state index in [-0.39, 0.29) is 0 Å². The second-order valence-corrected chi connectivity index (χ2v) is 6.94. The monoisotopic (exact) mass is 344 g/mol. The highest BCUT2D eigenvalue weighted by Gasteiger charge is 2.19. The maximum Gasteiger partial charge on any atom is 0.266 e. The van der Waals surface area contributed by atoms with Gasteiger partial charge in [0.1, 0.15) is 0 Å². The molecule has 3 aromatic rings. The van der Waals surface area contributed by atoms with E-state index in [2.05, 4.69) is 4.98 Å². The van der Waals surface area contributed by atoms with Gasteiger partial charge in [-0.2, -0.15) is 0 Å². The molecule has 0 aliphatic carbocycles. The Kier molecular flexibility index (Phi) is 4.56. The van der Waals surface area contributed by atoms with E-state index in [9.17, 15) is 8.76 Å². The SMILES string of the molecule is Cc1ccc(-c2cc(N(c3ccccc3C)S(=O)O)cs2)nc1. The van der Waals surface area contributed by atoms with E-state index in [0.29, 0.717) is 5.69 Å². The fourth-order valence-electron chi connectivity index (χ4n) is 2.29. The second-order valence-electron chi connectivity index (χ2n) is 5.20. The summed E-state index contributed by atoms with van der Waals surface area (Å²) < 4.78 is 23.0. The smallest absolute Gasteiger partial charge is 0.266 e. The van der Waals surface area contributed by atoms with Crippen molar-refractivity contribution in [2.24, 2.45) is 0 Å². The summed E-state index contributed by atoms with van der Waals surface area (Å²) in [5, 5.41) is 1.87. The molecule has 0 radical (unpaired) electrons.